The van der Waals surface area contributed by atoms with Crippen LogP contribution in [0.25, 0.3) is 0 Å². The molecule has 6 nitrogen and oxygen atoms in total. The van der Waals surface area contributed by atoms with Crippen LogP contribution in [-0.4, -0.2) is 41.6 Å². The standard InChI is InChI=1S/C19H24O6/c1-8(2)18(22)24-13-5-9(3)14-12(21)6-11(7-20)16(14)17-15(13)10(4)19(23)25-17/h6,9-10,13-17,20H,1,5,7H2,2-4H3. The quantitative estimate of drug-likeness (QED) is 0.613. The van der Waals surface area contributed by atoms with E-state index in [2.05, 4.69) is 6.58 Å². The van der Waals surface area contributed by atoms with Gasteiger partial charge in [0.15, 0.2) is 5.78 Å². The maximum atomic E-state index is 12.5. The number of aliphatic hydroxyl groups excluding tert-OH is 1. The van der Waals surface area contributed by atoms with Crippen molar-refractivity contribution in [2.75, 3.05) is 6.61 Å². The second-order valence-electron chi connectivity index (χ2n) is 7.54. The minimum atomic E-state index is -0.565. The lowest BCUT2D eigenvalue weighted by Gasteiger charge is -2.30. The maximum Gasteiger partial charge on any atom is 0.333 e. The number of hydrogen-bond acceptors (Lipinski definition) is 6. The number of fused-ring (bicyclic) bond motifs is 3. The molecule has 25 heavy (non-hydrogen) atoms. The third-order valence-electron chi connectivity index (χ3n) is 5.84. The van der Waals surface area contributed by atoms with Gasteiger partial charge in [-0.3, -0.25) is 9.59 Å². The Bertz CT molecular complexity index is 663. The molecule has 2 fully saturated rings. The van der Waals surface area contributed by atoms with Crippen molar-refractivity contribution in [3.05, 3.63) is 23.8 Å². The van der Waals surface area contributed by atoms with Crippen molar-refractivity contribution in [1.29, 1.82) is 0 Å². The molecule has 0 aromatic carbocycles. The third kappa shape index (κ3) is 2.82. The zero-order chi connectivity index (χ0) is 18.5. The Morgan fingerprint density at radius 1 is 1.36 bits per heavy atom. The molecule has 0 aromatic heterocycles. The Hall–Kier alpha value is -1.95. The van der Waals surface area contributed by atoms with E-state index >= 15 is 0 Å². The van der Waals surface area contributed by atoms with Gasteiger partial charge < -0.3 is 14.6 Å². The van der Waals surface area contributed by atoms with Crippen LogP contribution >= 0.6 is 0 Å². The van der Waals surface area contributed by atoms with Gasteiger partial charge in [-0.1, -0.05) is 20.4 Å². The molecule has 1 heterocycles. The van der Waals surface area contributed by atoms with Gasteiger partial charge in [-0.25, -0.2) is 4.79 Å². The zero-order valence-electron chi connectivity index (χ0n) is 14.7. The highest BCUT2D eigenvalue weighted by Gasteiger charge is 2.58. The summed E-state index contributed by atoms with van der Waals surface area (Å²) in [5, 5.41) is 9.68. The van der Waals surface area contributed by atoms with E-state index in [1.54, 1.807) is 13.8 Å². The fraction of sp³-hybridized carbons (Fsp3) is 0.632. The van der Waals surface area contributed by atoms with E-state index in [9.17, 15) is 19.5 Å². The highest BCUT2D eigenvalue weighted by molar-refractivity contribution is 5.96. The van der Waals surface area contributed by atoms with Crippen molar-refractivity contribution in [3.63, 3.8) is 0 Å². The number of ether oxygens (including phenoxy) is 2. The van der Waals surface area contributed by atoms with Crippen LogP contribution in [0.15, 0.2) is 23.8 Å². The lowest BCUT2D eigenvalue weighted by Crippen LogP contribution is -2.38. The van der Waals surface area contributed by atoms with Crippen molar-refractivity contribution < 1.29 is 29.0 Å². The number of allylic oxidation sites excluding steroid dienone is 1. The summed E-state index contributed by atoms with van der Waals surface area (Å²) in [6.07, 6.45) is 0.870. The third-order valence-corrected chi connectivity index (χ3v) is 5.84. The molecule has 0 aromatic rings. The summed E-state index contributed by atoms with van der Waals surface area (Å²) in [5.41, 5.74) is 0.893. The molecule has 1 N–H and O–H groups in total. The molecule has 1 saturated carbocycles. The summed E-state index contributed by atoms with van der Waals surface area (Å²) in [6, 6.07) is 0. The van der Waals surface area contributed by atoms with Crippen LogP contribution in [0.5, 0.6) is 0 Å². The Morgan fingerprint density at radius 2 is 2.04 bits per heavy atom. The van der Waals surface area contributed by atoms with Crippen LogP contribution in [0.2, 0.25) is 0 Å². The van der Waals surface area contributed by atoms with Gasteiger partial charge in [-0.15, -0.1) is 0 Å². The Balaban J connectivity index is 2.01. The summed E-state index contributed by atoms with van der Waals surface area (Å²) in [4.78, 5) is 36.8. The predicted octanol–water partition coefficient (Wildman–Crippen LogP) is 1.43. The average Bonchev–Trinajstić information content (AvgIpc) is 2.99. The molecule has 0 bridgehead atoms. The number of carbonyl (C=O) groups excluding carboxylic acids is 3. The first-order chi connectivity index (χ1) is 11.8. The maximum absolute atomic E-state index is 12.5. The largest absolute Gasteiger partial charge is 0.461 e. The van der Waals surface area contributed by atoms with Crippen LogP contribution < -0.4 is 0 Å². The molecule has 7 unspecified atom stereocenters. The number of carbonyl (C=O) groups is 3. The molecule has 7 atom stereocenters. The number of aliphatic hydroxyl groups is 1. The highest BCUT2D eigenvalue weighted by atomic mass is 16.6. The van der Waals surface area contributed by atoms with Crippen molar-refractivity contribution >= 4 is 17.7 Å². The van der Waals surface area contributed by atoms with Crippen LogP contribution in [0.3, 0.4) is 0 Å². The van der Waals surface area contributed by atoms with E-state index in [1.165, 1.54) is 6.08 Å². The minimum absolute atomic E-state index is 0.0530. The van der Waals surface area contributed by atoms with E-state index in [1.807, 2.05) is 6.92 Å². The normalized spacial score (nSPS) is 39.8. The van der Waals surface area contributed by atoms with Crippen molar-refractivity contribution in [2.45, 2.75) is 39.4 Å². The van der Waals surface area contributed by atoms with Crippen molar-refractivity contribution in [1.82, 2.24) is 0 Å². The van der Waals surface area contributed by atoms with E-state index in [4.69, 9.17) is 9.47 Å². The van der Waals surface area contributed by atoms with Crippen LogP contribution in [0.4, 0.5) is 0 Å². The van der Waals surface area contributed by atoms with Gasteiger partial charge in [0, 0.05) is 23.3 Å². The Morgan fingerprint density at radius 3 is 2.64 bits per heavy atom. The minimum Gasteiger partial charge on any atom is -0.461 e. The van der Waals surface area contributed by atoms with E-state index in [-0.39, 0.29) is 42.0 Å². The lowest BCUT2D eigenvalue weighted by molar-refractivity contribution is -0.149. The fourth-order valence-corrected chi connectivity index (χ4v) is 4.63. The molecular formula is C19H24O6. The van der Waals surface area contributed by atoms with Crippen molar-refractivity contribution in [2.24, 2.45) is 29.6 Å². The van der Waals surface area contributed by atoms with E-state index in [0.717, 1.165) is 0 Å². The van der Waals surface area contributed by atoms with Crippen LogP contribution in [-0.2, 0) is 23.9 Å². The first kappa shape index (κ1) is 17.9. The fourth-order valence-electron chi connectivity index (χ4n) is 4.63. The zero-order valence-corrected chi connectivity index (χ0v) is 14.7. The molecular weight excluding hydrogens is 324 g/mol. The van der Waals surface area contributed by atoms with Gasteiger partial charge in [-0.05, 0) is 30.9 Å². The monoisotopic (exact) mass is 348 g/mol. The van der Waals surface area contributed by atoms with Gasteiger partial charge in [0.2, 0.25) is 0 Å². The average molecular weight is 348 g/mol. The van der Waals surface area contributed by atoms with Gasteiger partial charge in [0.25, 0.3) is 0 Å². The molecule has 1 aliphatic heterocycles. The molecule has 2 aliphatic carbocycles. The van der Waals surface area contributed by atoms with Crippen LogP contribution in [0.1, 0.15) is 27.2 Å². The van der Waals surface area contributed by atoms with Gasteiger partial charge in [0.1, 0.15) is 12.2 Å². The van der Waals surface area contributed by atoms with E-state index < -0.39 is 24.1 Å². The summed E-state index contributed by atoms with van der Waals surface area (Å²) in [5.74, 6) is -2.44. The molecule has 136 valence electrons. The Labute approximate surface area is 146 Å². The van der Waals surface area contributed by atoms with Gasteiger partial charge in [0.05, 0.1) is 12.5 Å². The summed E-state index contributed by atoms with van der Waals surface area (Å²) < 4.78 is 11.3. The summed E-state index contributed by atoms with van der Waals surface area (Å²) >= 11 is 0. The van der Waals surface area contributed by atoms with Crippen LogP contribution in [0, 0.1) is 29.6 Å². The number of rotatable bonds is 3. The predicted molar refractivity (Wildman–Crippen MR) is 88.2 cm³/mol. The molecule has 3 rings (SSSR count). The molecule has 6 heteroatoms. The van der Waals surface area contributed by atoms with Gasteiger partial charge >= 0.3 is 11.9 Å². The molecule has 3 aliphatic rings. The lowest BCUT2D eigenvalue weighted by atomic mass is 9.77. The SMILES string of the molecule is C=C(C)C(=O)OC1CC(C)C2C(=O)C=C(CO)C2C2OC(=O)C(C)C12. The topological polar surface area (TPSA) is 89.9 Å². The number of hydrogen-bond donors (Lipinski definition) is 1. The molecule has 0 radical (unpaired) electrons. The summed E-state index contributed by atoms with van der Waals surface area (Å²) in [6.45, 7) is 8.64. The first-order valence-electron chi connectivity index (χ1n) is 8.68. The van der Waals surface area contributed by atoms with Crippen molar-refractivity contribution in [3.8, 4) is 0 Å². The van der Waals surface area contributed by atoms with E-state index in [0.29, 0.717) is 17.6 Å². The second-order valence-corrected chi connectivity index (χ2v) is 7.54. The van der Waals surface area contributed by atoms with Gasteiger partial charge in [-0.2, -0.15) is 0 Å². The second kappa shape index (κ2) is 6.41. The number of ketones is 1. The molecule has 0 amide bonds. The number of esters is 2. The molecule has 0 spiro atoms. The summed E-state index contributed by atoms with van der Waals surface area (Å²) in [7, 11) is 0. The molecule has 1 saturated heterocycles. The smallest absolute Gasteiger partial charge is 0.333 e. The highest BCUT2D eigenvalue weighted by Crippen LogP contribution is 2.50. The Kier molecular flexibility index (Phi) is 4.58. The first-order valence-corrected chi connectivity index (χ1v) is 8.68.